The van der Waals surface area contributed by atoms with Crippen molar-refractivity contribution < 1.29 is 10.2 Å². The van der Waals surface area contributed by atoms with Gasteiger partial charge in [-0.3, -0.25) is 9.58 Å². The number of hydrogen-bond donors (Lipinski definition) is 2. The molecule has 1 fully saturated rings. The SMILES string of the molecule is Cc1ccc(C(O)CN2CCCC2CC(O)c2cnn(C)c2)cc1. The van der Waals surface area contributed by atoms with Crippen LogP contribution in [0, 0.1) is 6.92 Å². The van der Waals surface area contributed by atoms with Crippen LogP contribution in [-0.2, 0) is 7.05 Å². The van der Waals surface area contributed by atoms with E-state index >= 15 is 0 Å². The van der Waals surface area contributed by atoms with E-state index in [4.69, 9.17) is 0 Å². The van der Waals surface area contributed by atoms with Crippen molar-refractivity contribution in [1.82, 2.24) is 14.7 Å². The molecule has 0 radical (unpaired) electrons. The van der Waals surface area contributed by atoms with Gasteiger partial charge in [-0.25, -0.2) is 0 Å². The summed E-state index contributed by atoms with van der Waals surface area (Å²) in [5.41, 5.74) is 3.02. The second kappa shape index (κ2) is 7.47. The zero-order chi connectivity index (χ0) is 17.1. The molecule has 0 aliphatic carbocycles. The first-order chi connectivity index (χ1) is 11.5. The number of aliphatic hydroxyl groups is 2. The van der Waals surface area contributed by atoms with Gasteiger partial charge in [0.15, 0.2) is 0 Å². The Morgan fingerprint density at radius 1 is 1.17 bits per heavy atom. The van der Waals surface area contributed by atoms with E-state index < -0.39 is 12.2 Å². The summed E-state index contributed by atoms with van der Waals surface area (Å²) >= 11 is 0. The lowest BCUT2D eigenvalue weighted by atomic mass is 10.0. The normalized spacial score (nSPS) is 21.1. The van der Waals surface area contributed by atoms with Crippen LogP contribution in [0.15, 0.2) is 36.7 Å². The number of aromatic nitrogens is 2. The topological polar surface area (TPSA) is 61.5 Å². The van der Waals surface area contributed by atoms with Crippen LogP contribution in [0.1, 0.15) is 48.2 Å². The molecule has 3 rings (SSSR count). The van der Waals surface area contributed by atoms with Crippen molar-refractivity contribution in [2.45, 2.75) is 44.4 Å². The van der Waals surface area contributed by atoms with Crippen molar-refractivity contribution in [3.8, 4) is 0 Å². The van der Waals surface area contributed by atoms with Crippen LogP contribution in [-0.4, -0.2) is 44.0 Å². The van der Waals surface area contributed by atoms with Gasteiger partial charge in [0.1, 0.15) is 0 Å². The van der Waals surface area contributed by atoms with Crippen LogP contribution >= 0.6 is 0 Å². The molecule has 2 N–H and O–H groups in total. The Kier molecular flexibility index (Phi) is 5.33. The monoisotopic (exact) mass is 329 g/mol. The summed E-state index contributed by atoms with van der Waals surface area (Å²) < 4.78 is 1.71. The molecule has 0 amide bonds. The molecule has 24 heavy (non-hydrogen) atoms. The average Bonchev–Trinajstić information content (AvgIpc) is 3.17. The highest BCUT2D eigenvalue weighted by atomic mass is 16.3. The molecule has 2 heterocycles. The number of aliphatic hydroxyl groups excluding tert-OH is 2. The standard InChI is InChI=1S/C19H27N3O2/c1-14-5-7-15(8-6-14)19(24)13-22-9-3-4-17(22)10-18(23)16-11-20-21(2)12-16/h5-8,11-12,17-19,23-24H,3-4,9-10,13H2,1-2H3. The maximum absolute atomic E-state index is 10.5. The molecule has 1 aliphatic heterocycles. The molecule has 5 heteroatoms. The molecular formula is C19H27N3O2. The van der Waals surface area contributed by atoms with E-state index in [-0.39, 0.29) is 0 Å². The largest absolute Gasteiger partial charge is 0.388 e. The molecule has 5 nitrogen and oxygen atoms in total. The van der Waals surface area contributed by atoms with Crippen molar-refractivity contribution in [3.05, 3.63) is 53.3 Å². The van der Waals surface area contributed by atoms with Gasteiger partial charge in [-0.1, -0.05) is 29.8 Å². The lowest BCUT2D eigenvalue weighted by molar-refractivity contribution is 0.0784. The predicted octanol–water partition coefficient (Wildman–Crippen LogP) is 2.35. The van der Waals surface area contributed by atoms with E-state index in [0.29, 0.717) is 19.0 Å². The first-order valence-corrected chi connectivity index (χ1v) is 8.68. The van der Waals surface area contributed by atoms with Crippen molar-refractivity contribution in [2.75, 3.05) is 13.1 Å². The van der Waals surface area contributed by atoms with Crippen molar-refractivity contribution in [1.29, 1.82) is 0 Å². The zero-order valence-electron chi connectivity index (χ0n) is 14.5. The van der Waals surface area contributed by atoms with Crippen LogP contribution in [0.5, 0.6) is 0 Å². The van der Waals surface area contributed by atoms with Crippen molar-refractivity contribution >= 4 is 0 Å². The molecule has 1 aromatic heterocycles. The summed E-state index contributed by atoms with van der Waals surface area (Å²) in [6.07, 6.45) is 5.48. The number of aryl methyl sites for hydroxylation is 2. The lowest BCUT2D eigenvalue weighted by Gasteiger charge is -2.28. The van der Waals surface area contributed by atoms with E-state index in [1.807, 2.05) is 44.4 Å². The maximum atomic E-state index is 10.5. The summed E-state index contributed by atoms with van der Waals surface area (Å²) in [5.74, 6) is 0. The molecule has 1 saturated heterocycles. The van der Waals surface area contributed by atoms with Gasteiger partial charge in [-0.05, 0) is 38.3 Å². The second-order valence-electron chi connectivity index (χ2n) is 6.92. The summed E-state index contributed by atoms with van der Waals surface area (Å²) in [6, 6.07) is 8.36. The summed E-state index contributed by atoms with van der Waals surface area (Å²) in [5, 5.41) is 25.1. The molecule has 3 atom stereocenters. The number of β-amino-alcohol motifs (C(OH)–C–C–N with tert-alkyl or cyclic N) is 1. The lowest BCUT2D eigenvalue weighted by Crippen LogP contribution is -2.34. The highest BCUT2D eigenvalue weighted by molar-refractivity contribution is 5.23. The van der Waals surface area contributed by atoms with Gasteiger partial charge in [0.05, 0.1) is 18.4 Å². The highest BCUT2D eigenvalue weighted by Gasteiger charge is 2.29. The van der Waals surface area contributed by atoms with Crippen LogP contribution in [0.25, 0.3) is 0 Å². The molecule has 1 aliphatic rings. The molecule has 2 aromatic rings. The highest BCUT2D eigenvalue weighted by Crippen LogP contribution is 2.29. The number of nitrogens with zero attached hydrogens (tertiary/aromatic N) is 3. The number of hydrogen-bond acceptors (Lipinski definition) is 4. The fraction of sp³-hybridized carbons (Fsp3) is 0.526. The van der Waals surface area contributed by atoms with Gasteiger partial charge in [0.2, 0.25) is 0 Å². The smallest absolute Gasteiger partial charge is 0.0917 e. The average molecular weight is 329 g/mol. The minimum absolute atomic E-state index is 0.306. The van der Waals surface area contributed by atoms with Crippen LogP contribution in [0.3, 0.4) is 0 Å². The summed E-state index contributed by atoms with van der Waals surface area (Å²) in [4.78, 5) is 2.31. The van der Waals surface area contributed by atoms with E-state index in [1.165, 1.54) is 5.56 Å². The fourth-order valence-corrected chi connectivity index (χ4v) is 3.52. The van der Waals surface area contributed by atoms with Crippen molar-refractivity contribution in [2.24, 2.45) is 7.05 Å². The van der Waals surface area contributed by atoms with Gasteiger partial charge < -0.3 is 10.2 Å². The van der Waals surface area contributed by atoms with Crippen LogP contribution in [0.2, 0.25) is 0 Å². The first-order valence-electron chi connectivity index (χ1n) is 8.68. The Morgan fingerprint density at radius 3 is 2.58 bits per heavy atom. The Bertz CT molecular complexity index is 653. The van der Waals surface area contributed by atoms with Gasteiger partial charge in [0.25, 0.3) is 0 Å². The van der Waals surface area contributed by atoms with Crippen LogP contribution in [0.4, 0.5) is 0 Å². The molecule has 0 bridgehead atoms. The Labute approximate surface area is 143 Å². The molecule has 3 unspecified atom stereocenters. The van der Waals surface area contributed by atoms with Gasteiger partial charge >= 0.3 is 0 Å². The number of benzene rings is 1. The third-order valence-electron chi connectivity index (χ3n) is 4.97. The molecule has 1 aromatic carbocycles. The van der Waals surface area contributed by atoms with Gasteiger partial charge in [-0.2, -0.15) is 5.10 Å². The van der Waals surface area contributed by atoms with E-state index in [2.05, 4.69) is 10.00 Å². The van der Waals surface area contributed by atoms with E-state index in [0.717, 1.165) is 30.5 Å². The quantitative estimate of drug-likeness (QED) is 0.854. The van der Waals surface area contributed by atoms with Gasteiger partial charge in [-0.15, -0.1) is 0 Å². The minimum atomic E-state index is -0.499. The Hall–Kier alpha value is -1.69. The maximum Gasteiger partial charge on any atom is 0.0917 e. The van der Waals surface area contributed by atoms with Crippen LogP contribution < -0.4 is 0 Å². The van der Waals surface area contributed by atoms with E-state index in [1.54, 1.807) is 10.9 Å². The Morgan fingerprint density at radius 2 is 1.92 bits per heavy atom. The predicted molar refractivity (Wildman–Crippen MR) is 93.5 cm³/mol. The number of likely N-dealkylation sites (tertiary alicyclic amines) is 1. The van der Waals surface area contributed by atoms with Crippen molar-refractivity contribution in [3.63, 3.8) is 0 Å². The third-order valence-corrected chi connectivity index (χ3v) is 4.97. The third kappa shape index (κ3) is 4.04. The minimum Gasteiger partial charge on any atom is -0.388 e. The zero-order valence-corrected chi connectivity index (χ0v) is 14.5. The Balaban J connectivity index is 1.59. The summed E-state index contributed by atoms with van der Waals surface area (Å²) in [6.45, 7) is 3.65. The van der Waals surface area contributed by atoms with E-state index in [9.17, 15) is 10.2 Å². The molecule has 130 valence electrons. The summed E-state index contributed by atoms with van der Waals surface area (Å²) in [7, 11) is 1.86. The fourth-order valence-electron chi connectivity index (χ4n) is 3.52. The second-order valence-corrected chi connectivity index (χ2v) is 6.92. The molecule has 0 saturated carbocycles. The van der Waals surface area contributed by atoms with Gasteiger partial charge in [0, 0.05) is 31.4 Å². The number of rotatable bonds is 6. The molecule has 0 spiro atoms. The molecular weight excluding hydrogens is 302 g/mol. The first kappa shape index (κ1) is 17.1.